The van der Waals surface area contributed by atoms with Gasteiger partial charge in [0.25, 0.3) is 0 Å². The van der Waals surface area contributed by atoms with Gasteiger partial charge in [0.15, 0.2) is 0 Å². The highest BCUT2D eigenvalue weighted by Gasteiger charge is 2.23. The van der Waals surface area contributed by atoms with Crippen LogP contribution in [0.15, 0.2) is 24.3 Å². The fourth-order valence-electron chi connectivity index (χ4n) is 1.99. The van der Waals surface area contributed by atoms with Gasteiger partial charge in [-0.3, -0.25) is 10.1 Å². The number of imidazole rings is 1. The molecule has 1 fully saturated rings. The first-order chi connectivity index (χ1) is 8.33. The van der Waals surface area contributed by atoms with Crippen molar-refractivity contribution < 1.29 is 4.79 Å². The van der Waals surface area contributed by atoms with Crippen LogP contribution in [0.25, 0.3) is 11.0 Å². The summed E-state index contributed by atoms with van der Waals surface area (Å²) >= 11 is 1.72. The van der Waals surface area contributed by atoms with Crippen molar-refractivity contribution in [3.05, 3.63) is 24.3 Å². The van der Waals surface area contributed by atoms with Crippen LogP contribution in [0.4, 0.5) is 5.95 Å². The van der Waals surface area contributed by atoms with Crippen LogP contribution in [-0.4, -0.2) is 26.9 Å². The number of fused-ring (bicyclic) bond motifs is 1. The molecule has 0 bridgehead atoms. The second-order valence-corrected chi connectivity index (χ2v) is 5.40. The monoisotopic (exact) mass is 247 g/mol. The largest absolute Gasteiger partial charge is 0.324 e. The number of benzene rings is 1. The first kappa shape index (κ1) is 10.7. The first-order valence-electron chi connectivity index (χ1n) is 5.70. The van der Waals surface area contributed by atoms with E-state index in [0.717, 1.165) is 29.6 Å². The van der Waals surface area contributed by atoms with Crippen molar-refractivity contribution in [3.8, 4) is 0 Å². The maximum absolute atomic E-state index is 11.9. The number of rotatable bonds is 2. The molecule has 2 N–H and O–H groups in total. The number of hydrogen-bond acceptors (Lipinski definition) is 3. The van der Waals surface area contributed by atoms with E-state index < -0.39 is 0 Å². The van der Waals surface area contributed by atoms with Crippen molar-refractivity contribution in [3.63, 3.8) is 0 Å². The zero-order valence-electron chi connectivity index (χ0n) is 9.27. The van der Waals surface area contributed by atoms with E-state index in [-0.39, 0.29) is 11.2 Å². The summed E-state index contributed by atoms with van der Waals surface area (Å²) in [4.78, 5) is 19.3. The number of carbonyl (C=O) groups is 1. The SMILES string of the molecule is O=C(Nc1nc2ccccc2[nH]1)C1CCCS1. The van der Waals surface area contributed by atoms with Gasteiger partial charge in [-0.15, -0.1) is 11.8 Å². The maximum atomic E-state index is 11.9. The number of carbonyl (C=O) groups excluding carboxylic acids is 1. The van der Waals surface area contributed by atoms with Gasteiger partial charge < -0.3 is 4.98 Å². The Morgan fingerprint density at radius 1 is 1.47 bits per heavy atom. The van der Waals surface area contributed by atoms with Crippen LogP contribution in [0.3, 0.4) is 0 Å². The van der Waals surface area contributed by atoms with Crippen LogP contribution in [0, 0.1) is 0 Å². The zero-order chi connectivity index (χ0) is 11.7. The van der Waals surface area contributed by atoms with Gasteiger partial charge in [-0.05, 0) is 30.7 Å². The van der Waals surface area contributed by atoms with Crippen molar-refractivity contribution in [2.45, 2.75) is 18.1 Å². The molecule has 17 heavy (non-hydrogen) atoms. The van der Waals surface area contributed by atoms with Crippen LogP contribution in [0.5, 0.6) is 0 Å². The summed E-state index contributed by atoms with van der Waals surface area (Å²) in [5, 5.41) is 2.93. The van der Waals surface area contributed by atoms with E-state index in [0.29, 0.717) is 5.95 Å². The molecule has 4 nitrogen and oxygen atoms in total. The summed E-state index contributed by atoms with van der Waals surface area (Å²) in [5.74, 6) is 1.69. The minimum Gasteiger partial charge on any atom is -0.324 e. The second kappa shape index (κ2) is 4.41. The van der Waals surface area contributed by atoms with Gasteiger partial charge in [-0.2, -0.15) is 0 Å². The molecule has 1 amide bonds. The smallest absolute Gasteiger partial charge is 0.239 e. The topological polar surface area (TPSA) is 57.8 Å². The fourth-order valence-corrected chi connectivity index (χ4v) is 3.16. The number of H-pyrrole nitrogens is 1. The molecule has 0 aliphatic carbocycles. The molecule has 1 aliphatic heterocycles. The maximum Gasteiger partial charge on any atom is 0.239 e. The van der Waals surface area contributed by atoms with E-state index in [1.165, 1.54) is 0 Å². The van der Waals surface area contributed by atoms with Crippen LogP contribution >= 0.6 is 11.8 Å². The van der Waals surface area contributed by atoms with E-state index in [1.807, 2.05) is 24.3 Å². The van der Waals surface area contributed by atoms with Crippen molar-refractivity contribution in [1.82, 2.24) is 9.97 Å². The number of aromatic amines is 1. The molecular weight excluding hydrogens is 234 g/mol. The number of thioether (sulfide) groups is 1. The van der Waals surface area contributed by atoms with Crippen molar-refractivity contribution in [2.24, 2.45) is 0 Å². The van der Waals surface area contributed by atoms with Gasteiger partial charge in [0, 0.05) is 0 Å². The summed E-state index contributed by atoms with van der Waals surface area (Å²) in [6.45, 7) is 0. The minimum atomic E-state index is 0.0616. The third-order valence-electron chi connectivity index (χ3n) is 2.85. The van der Waals surface area contributed by atoms with Gasteiger partial charge in [-0.25, -0.2) is 4.98 Å². The molecule has 1 atom stereocenters. The molecule has 1 saturated heterocycles. The quantitative estimate of drug-likeness (QED) is 0.856. The van der Waals surface area contributed by atoms with Gasteiger partial charge in [0.1, 0.15) is 0 Å². The predicted octanol–water partition coefficient (Wildman–Crippen LogP) is 2.40. The third kappa shape index (κ3) is 2.15. The van der Waals surface area contributed by atoms with E-state index in [1.54, 1.807) is 11.8 Å². The lowest BCUT2D eigenvalue weighted by Gasteiger charge is -2.06. The lowest BCUT2D eigenvalue weighted by Crippen LogP contribution is -2.23. The van der Waals surface area contributed by atoms with Gasteiger partial charge in [-0.1, -0.05) is 12.1 Å². The zero-order valence-corrected chi connectivity index (χ0v) is 10.1. The molecule has 1 aromatic heterocycles. The highest BCUT2D eigenvalue weighted by Crippen LogP contribution is 2.27. The van der Waals surface area contributed by atoms with Crippen molar-refractivity contribution >= 4 is 34.7 Å². The Morgan fingerprint density at radius 3 is 3.12 bits per heavy atom. The third-order valence-corrected chi connectivity index (χ3v) is 4.23. The molecular formula is C12H13N3OS. The van der Waals surface area contributed by atoms with Crippen LogP contribution in [-0.2, 0) is 4.79 Å². The minimum absolute atomic E-state index is 0.0616. The molecule has 0 radical (unpaired) electrons. The van der Waals surface area contributed by atoms with E-state index >= 15 is 0 Å². The molecule has 0 saturated carbocycles. The highest BCUT2D eigenvalue weighted by molar-refractivity contribution is 8.00. The van der Waals surface area contributed by atoms with Crippen molar-refractivity contribution in [1.29, 1.82) is 0 Å². The number of aromatic nitrogens is 2. The summed E-state index contributed by atoms with van der Waals surface area (Å²) in [5.41, 5.74) is 1.82. The Bertz CT molecular complexity index is 512. The average Bonchev–Trinajstić information content (AvgIpc) is 2.97. The molecule has 2 heterocycles. The number of hydrogen-bond donors (Lipinski definition) is 2. The van der Waals surface area contributed by atoms with Crippen molar-refractivity contribution in [2.75, 3.05) is 11.1 Å². The molecule has 88 valence electrons. The first-order valence-corrected chi connectivity index (χ1v) is 6.75. The normalized spacial score (nSPS) is 19.6. The molecule has 3 rings (SSSR count). The Hall–Kier alpha value is -1.49. The Morgan fingerprint density at radius 2 is 2.35 bits per heavy atom. The van der Waals surface area contributed by atoms with E-state index in [2.05, 4.69) is 15.3 Å². The Kier molecular flexibility index (Phi) is 2.76. The fraction of sp³-hybridized carbons (Fsp3) is 0.333. The summed E-state index contributed by atoms with van der Waals surface area (Å²) in [6.07, 6.45) is 2.10. The predicted molar refractivity (Wildman–Crippen MR) is 70.2 cm³/mol. The molecule has 1 unspecified atom stereocenters. The average molecular weight is 247 g/mol. The van der Waals surface area contributed by atoms with Crippen LogP contribution < -0.4 is 5.32 Å². The van der Waals surface area contributed by atoms with E-state index in [4.69, 9.17) is 0 Å². The number of nitrogens with one attached hydrogen (secondary N) is 2. The number of anilines is 1. The van der Waals surface area contributed by atoms with Crippen LogP contribution in [0.1, 0.15) is 12.8 Å². The second-order valence-electron chi connectivity index (χ2n) is 4.09. The lowest BCUT2D eigenvalue weighted by atomic mass is 10.2. The molecule has 1 aromatic carbocycles. The summed E-state index contributed by atoms with van der Waals surface area (Å²) in [7, 11) is 0. The lowest BCUT2D eigenvalue weighted by molar-refractivity contribution is -0.115. The molecule has 1 aliphatic rings. The highest BCUT2D eigenvalue weighted by atomic mass is 32.2. The number of amides is 1. The summed E-state index contributed by atoms with van der Waals surface area (Å²) < 4.78 is 0. The molecule has 5 heteroatoms. The van der Waals surface area contributed by atoms with E-state index in [9.17, 15) is 4.79 Å². The van der Waals surface area contributed by atoms with Gasteiger partial charge in [0.2, 0.25) is 11.9 Å². The molecule has 0 spiro atoms. The van der Waals surface area contributed by atoms with Crippen LogP contribution in [0.2, 0.25) is 0 Å². The van der Waals surface area contributed by atoms with Gasteiger partial charge >= 0.3 is 0 Å². The standard InChI is InChI=1S/C12H13N3OS/c16-11(10-6-3-7-17-10)15-12-13-8-4-1-2-5-9(8)14-12/h1-2,4-5,10H,3,6-7H2,(H2,13,14,15,16). The Labute approximate surface area is 103 Å². The number of nitrogens with zero attached hydrogens (tertiary/aromatic N) is 1. The molecule has 2 aromatic rings. The number of para-hydroxylation sites is 2. The Balaban J connectivity index is 1.77. The summed E-state index contributed by atoms with van der Waals surface area (Å²) in [6, 6.07) is 7.74. The van der Waals surface area contributed by atoms with Gasteiger partial charge in [0.05, 0.1) is 16.3 Å².